The molecule has 0 radical (unpaired) electrons. The van der Waals surface area contributed by atoms with Crippen LogP contribution in [0.5, 0.6) is 0 Å². The van der Waals surface area contributed by atoms with Gasteiger partial charge in [-0.2, -0.15) is 5.26 Å². The number of nitrogens with two attached hydrogens (primary N) is 1. The van der Waals surface area contributed by atoms with Crippen LogP contribution in [0.15, 0.2) is 54.8 Å². The maximum atomic E-state index is 13.6. The highest BCUT2D eigenvalue weighted by atomic mass is 16.1. The second-order valence-corrected chi connectivity index (χ2v) is 8.83. The summed E-state index contributed by atoms with van der Waals surface area (Å²) in [6.45, 7) is 3.09. The molecule has 2 aliphatic carbocycles. The van der Waals surface area contributed by atoms with Crippen LogP contribution in [0.1, 0.15) is 40.0 Å². The first kappa shape index (κ1) is 21.1. The van der Waals surface area contributed by atoms with E-state index < -0.39 is 0 Å². The number of piperazine rings is 1. The van der Waals surface area contributed by atoms with Crippen LogP contribution in [0.2, 0.25) is 0 Å². The minimum Gasteiger partial charge on any atom is -0.368 e. The maximum Gasteiger partial charge on any atom is 0.221 e. The molecule has 2 aromatic heterocycles. The number of fused-ring (bicyclic) bond motifs is 3. The fraction of sp³-hybridized carbons (Fsp3) is 0.222. The number of hydrogen-bond donors (Lipinski definition) is 1. The molecule has 3 heterocycles. The summed E-state index contributed by atoms with van der Waals surface area (Å²) in [4.78, 5) is 31.6. The Balaban J connectivity index is 1.34. The third-order valence-corrected chi connectivity index (χ3v) is 6.82. The van der Waals surface area contributed by atoms with Gasteiger partial charge in [-0.05, 0) is 36.6 Å². The van der Waals surface area contributed by atoms with Gasteiger partial charge in [0.05, 0.1) is 22.5 Å². The number of rotatable bonds is 3. The lowest BCUT2D eigenvalue weighted by Crippen LogP contribution is -2.47. The van der Waals surface area contributed by atoms with Gasteiger partial charge in [-0.15, -0.1) is 0 Å². The zero-order valence-corrected chi connectivity index (χ0v) is 19.1. The number of carbonyl (C=O) groups excluding carboxylic acids is 1. The van der Waals surface area contributed by atoms with Crippen molar-refractivity contribution in [1.82, 2.24) is 15.0 Å². The summed E-state index contributed by atoms with van der Waals surface area (Å²) >= 11 is 0. The molecule has 1 fully saturated rings. The second kappa shape index (κ2) is 8.37. The molecule has 8 heteroatoms. The molecule has 3 aliphatic rings. The Morgan fingerprint density at radius 3 is 2.49 bits per heavy atom. The van der Waals surface area contributed by atoms with Gasteiger partial charge in [0.25, 0.3) is 0 Å². The lowest BCUT2D eigenvalue weighted by Gasteiger charge is -2.37. The number of nitrogen functional groups attached to an aromatic ring is 1. The number of allylic oxidation sites excluding steroid dienone is 4. The number of nitrogens with zero attached hydrogens (tertiary/aromatic N) is 6. The highest BCUT2D eigenvalue weighted by Gasteiger charge is 2.36. The van der Waals surface area contributed by atoms with Crippen LogP contribution >= 0.6 is 0 Å². The van der Waals surface area contributed by atoms with Gasteiger partial charge in [0.15, 0.2) is 5.78 Å². The van der Waals surface area contributed by atoms with Gasteiger partial charge in [-0.25, -0.2) is 15.0 Å². The first-order valence-corrected chi connectivity index (χ1v) is 11.7. The van der Waals surface area contributed by atoms with Crippen molar-refractivity contribution in [3.8, 4) is 17.3 Å². The third-order valence-electron chi connectivity index (χ3n) is 6.82. The van der Waals surface area contributed by atoms with Crippen molar-refractivity contribution in [2.24, 2.45) is 0 Å². The summed E-state index contributed by atoms with van der Waals surface area (Å²) in [5.41, 5.74) is 12.1. The van der Waals surface area contributed by atoms with E-state index in [1.165, 1.54) is 0 Å². The molecule has 2 N–H and O–H groups in total. The van der Waals surface area contributed by atoms with Crippen LogP contribution in [-0.4, -0.2) is 46.9 Å². The molecular formula is C27H23N7O. The lowest BCUT2D eigenvalue weighted by atomic mass is 9.97. The van der Waals surface area contributed by atoms with E-state index in [1.807, 2.05) is 30.4 Å². The maximum absolute atomic E-state index is 13.6. The molecule has 35 heavy (non-hydrogen) atoms. The average Bonchev–Trinajstić information content (AvgIpc) is 3.20. The smallest absolute Gasteiger partial charge is 0.221 e. The minimum atomic E-state index is -0.0391. The Morgan fingerprint density at radius 1 is 0.971 bits per heavy atom. The van der Waals surface area contributed by atoms with Crippen molar-refractivity contribution in [3.63, 3.8) is 0 Å². The SMILES string of the molecule is N#Cc1ccc(N2CCN(c3cccc4c3-c3nc(N)nc(C5=CC=CCC5)c3C4=O)CC2)nc1. The van der Waals surface area contributed by atoms with E-state index >= 15 is 0 Å². The molecule has 0 bridgehead atoms. The molecule has 0 amide bonds. The molecule has 0 spiro atoms. The monoisotopic (exact) mass is 461 g/mol. The van der Waals surface area contributed by atoms with Gasteiger partial charge in [-0.3, -0.25) is 4.79 Å². The number of ketones is 1. The topological polar surface area (TPSA) is 112 Å². The first-order valence-electron chi connectivity index (χ1n) is 11.7. The van der Waals surface area contributed by atoms with Crippen LogP contribution in [0.3, 0.4) is 0 Å². The van der Waals surface area contributed by atoms with Crippen LogP contribution in [0, 0.1) is 11.3 Å². The zero-order valence-electron chi connectivity index (χ0n) is 19.1. The van der Waals surface area contributed by atoms with Crippen molar-refractivity contribution in [1.29, 1.82) is 5.26 Å². The number of hydrogen-bond acceptors (Lipinski definition) is 8. The third kappa shape index (κ3) is 3.53. The van der Waals surface area contributed by atoms with E-state index in [0.29, 0.717) is 28.1 Å². The first-order chi connectivity index (χ1) is 17.1. The number of aromatic nitrogens is 3. The summed E-state index contributed by atoms with van der Waals surface area (Å²) in [6, 6.07) is 11.6. The van der Waals surface area contributed by atoms with Gasteiger partial charge < -0.3 is 15.5 Å². The fourth-order valence-electron chi connectivity index (χ4n) is 5.10. The van der Waals surface area contributed by atoms with Gasteiger partial charge in [0, 0.05) is 49.2 Å². The number of nitriles is 1. The Morgan fingerprint density at radius 2 is 1.77 bits per heavy atom. The number of anilines is 3. The largest absolute Gasteiger partial charge is 0.368 e. The summed E-state index contributed by atoms with van der Waals surface area (Å²) < 4.78 is 0. The zero-order chi connectivity index (χ0) is 23.9. The minimum absolute atomic E-state index is 0.0391. The van der Waals surface area contributed by atoms with Crippen molar-refractivity contribution in [3.05, 3.63) is 77.1 Å². The van der Waals surface area contributed by atoms with Crippen LogP contribution < -0.4 is 15.5 Å². The molecule has 8 nitrogen and oxygen atoms in total. The van der Waals surface area contributed by atoms with Crippen LogP contribution in [0.4, 0.5) is 17.5 Å². The predicted molar refractivity (Wildman–Crippen MR) is 135 cm³/mol. The summed E-state index contributed by atoms with van der Waals surface area (Å²) in [5, 5.41) is 9.02. The highest BCUT2D eigenvalue weighted by Crippen LogP contribution is 2.45. The van der Waals surface area contributed by atoms with Crippen molar-refractivity contribution >= 4 is 28.8 Å². The van der Waals surface area contributed by atoms with Gasteiger partial charge in [0.1, 0.15) is 11.9 Å². The Labute approximate surface area is 203 Å². The number of benzene rings is 1. The number of pyridine rings is 1. The molecule has 3 aromatic rings. The van der Waals surface area contributed by atoms with Crippen molar-refractivity contribution in [2.45, 2.75) is 12.8 Å². The van der Waals surface area contributed by atoms with E-state index in [4.69, 9.17) is 11.0 Å². The van der Waals surface area contributed by atoms with E-state index in [0.717, 1.165) is 61.7 Å². The predicted octanol–water partition coefficient (Wildman–Crippen LogP) is 3.60. The molecular weight excluding hydrogens is 438 g/mol. The quantitative estimate of drug-likeness (QED) is 0.493. The molecule has 6 rings (SSSR count). The molecule has 172 valence electrons. The van der Waals surface area contributed by atoms with E-state index in [-0.39, 0.29) is 11.7 Å². The van der Waals surface area contributed by atoms with Crippen LogP contribution in [-0.2, 0) is 0 Å². The van der Waals surface area contributed by atoms with Crippen LogP contribution in [0.25, 0.3) is 16.8 Å². The van der Waals surface area contributed by atoms with E-state index in [9.17, 15) is 4.79 Å². The normalized spacial score (nSPS) is 16.5. The molecule has 0 unspecified atom stereocenters. The molecule has 1 saturated heterocycles. The van der Waals surface area contributed by atoms with E-state index in [2.05, 4.69) is 43.0 Å². The van der Waals surface area contributed by atoms with Gasteiger partial charge in [0.2, 0.25) is 5.95 Å². The van der Waals surface area contributed by atoms with Crippen molar-refractivity contribution in [2.75, 3.05) is 41.7 Å². The van der Waals surface area contributed by atoms with E-state index in [1.54, 1.807) is 12.3 Å². The lowest BCUT2D eigenvalue weighted by molar-refractivity contribution is 0.104. The molecule has 1 aliphatic heterocycles. The molecule has 0 saturated carbocycles. The summed E-state index contributed by atoms with van der Waals surface area (Å²) in [6.07, 6.45) is 9.46. The average molecular weight is 462 g/mol. The summed E-state index contributed by atoms with van der Waals surface area (Å²) in [5.74, 6) is 1.01. The Bertz CT molecular complexity index is 1440. The highest BCUT2D eigenvalue weighted by molar-refractivity contribution is 6.24. The standard InChI is InChI=1S/C27H23N7O/c28-15-17-9-10-21(30-16-17)34-13-11-33(12-14-34)20-8-4-7-19-22(20)25-23(26(19)35)24(31-27(29)32-25)18-5-2-1-3-6-18/h1-2,4-5,7-10,16H,3,6,11-14H2,(H2,29,31,32). The molecule has 0 atom stereocenters. The van der Waals surface area contributed by atoms with Gasteiger partial charge >= 0.3 is 0 Å². The Kier molecular flexibility index (Phi) is 5.03. The number of carbonyl (C=O) groups is 1. The summed E-state index contributed by atoms with van der Waals surface area (Å²) in [7, 11) is 0. The van der Waals surface area contributed by atoms with Crippen molar-refractivity contribution < 1.29 is 4.79 Å². The second-order valence-electron chi connectivity index (χ2n) is 8.83. The fourth-order valence-corrected chi connectivity index (χ4v) is 5.10. The molecule has 1 aromatic carbocycles. The van der Waals surface area contributed by atoms with Gasteiger partial charge in [-0.1, -0.05) is 30.4 Å². The Hall–Kier alpha value is -4.51.